The van der Waals surface area contributed by atoms with Gasteiger partial charge in [-0.15, -0.1) is 0 Å². The predicted octanol–water partition coefficient (Wildman–Crippen LogP) is 3.92. The molecular formula is C17H36N2O. The fourth-order valence-electron chi connectivity index (χ4n) is 2.35. The zero-order valence-electron chi connectivity index (χ0n) is 14.3. The van der Waals surface area contributed by atoms with Crippen LogP contribution < -0.4 is 10.8 Å². The summed E-state index contributed by atoms with van der Waals surface area (Å²) in [5.41, 5.74) is 4.61. The fraction of sp³-hybridized carbons (Fsp3) is 0.882. The molecule has 120 valence electrons. The van der Waals surface area contributed by atoms with E-state index in [-0.39, 0.29) is 0 Å². The number of piperidine rings is 1. The summed E-state index contributed by atoms with van der Waals surface area (Å²) < 4.78 is 0. The van der Waals surface area contributed by atoms with Gasteiger partial charge in [0, 0.05) is 13.1 Å². The molecule has 0 amide bonds. The molecule has 0 aromatic heterocycles. The van der Waals surface area contributed by atoms with Crippen LogP contribution in [0.4, 0.5) is 0 Å². The van der Waals surface area contributed by atoms with Gasteiger partial charge in [-0.25, -0.2) is 0 Å². The van der Waals surface area contributed by atoms with Gasteiger partial charge in [-0.2, -0.15) is 5.48 Å². The Morgan fingerprint density at radius 2 is 2.15 bits per heavy atom. The summed E-state index contributed by atoms with van der Waals surface area (Å²) in [6.07, 6.45) is 7.19. The van der Waals surface area contributed by atoms with Crippen molar-refractivity contribution in [2.75, 3.05) is 26.2 Å². The van der Waals surface area contributed by atoms with Gasteiger partial charge in [0.05, 0.1) is 6.61 Å². The summed E-state index contributed by atoms with van der Waals surface area (Å²) in [6.45, 7) is 14.7. The minimum Gasteiger partial charge on any atom is -0.316 e. The molecule has 2 unspecified atom stereocenters. The first-order chi connectivity index (χ1) is 9.77. The van der Waals surface area contributed by atoms with E-state index in [1.807, 2.05) is 13.8 Å². The standard InChI is InChI=1S/C15H30N2O.C2H6/c1-4-7-15(13(3)5-2)11-17-18-12-14-8-6-9-16-10-14;1-2/h7,13-14,16-17H,4-6,8-12H2,1-3H3;1-2H3/b15-7+;. The molecule has 1 aliphatic heterocycles. The average molecular weight is 284 g/mol. The van der Waals surface area contributed by atoms with Crippen molar-refractivity contribution >= 4 is 0 Å². The molecule has 1 aliphatic rings. The van der Waals surface area contributed by atoms with Gasteiger partial charge >= 0.3 is 0 Å². The zero-order valence-corrected chi connectivity index (χ0v) is 14.3. The first-order valence-electron chi connectivity index (χ1n) is 8.52. The molecule has 3 nitrogen and oxygen atoms in total. The number of hydroxylamine groups is 1. The van der Waals surface area contributed by atoms with Crippen LogP contribution in [0.2, 0.25) is 0 Å². The highest BCUT2D eigenvalue weighted by molar-refractivity contribution is 5.06. The maximum atomic E-state index is 5.61. The lowest BCUT2D eigenvalue weighted by Crippen LogP contribution is -2.34. The smallest absolute Gasteiger partial charge is 0.0722 e. The Bertz CT molecular complexity index is 235. The number of hydrogen-bond donors (Lipinski definition) is 2. The van der Waals surface area contributed by atoms with Crippen LogP contribution in [0.5, 0.6) is 0 Å². The van der Waals surface area contributed by atoms with Gasteiger partial charge in [-0.3, -0.25) is 0 Å². The highest BCUT2D eigenvalue weighted by atomic mass is 16.6. The second-order valence-electron chi connectivity index (χ2n) is 5.34. The largest absolute Gasteiger partial charge is 0.316 e. The second-order valence-corrected chi connectivity index (χ2v) is 5.34. The van der Waals surface area contributed by atoms with E-state index in [2.05, 4.69) is 37.6 Å². The summed E-state index contributed by atoms with van der Waals surface area (Å²) in [4.78, 5) is 5.61. The number of nitrogens with one attached hydrogen (secondary N) is 2. The van der Waals surface area contributed by atoms with Crippen molar-refractivity contribution in [3.8, 4) is 0 Å². The van der Waals surface area contributed by atoms with Crippen molar-refractivity contribution in [2.45, 2.75) is 60.3 Å². The lowest BCUT2D eigenvalue weighted by molar-refractivity contribution is 0.0159. The van der Waals surface area contributed by atoms with Crippen molar-refractivity contribution in [1.82, 2.24) is 10.8 Å². The number of rotatable bonds is 8. The number of hydrogen-bond acceptors (Lipinski definition) is 3. The Labute approximate surface area is 126 Å². The maximum Gasteiger partial charge on any atom is 0.0722 e. The van der Waals surface area contributed by atoms with Crippen LogP contribution in [-0.4, -0.2) is 26.2 Å². The van der Waals surface area contributed by atoms with Gasteiger partial charge in [0.15, 0.2) is 0 Å². The monoisotopic (exact) mass is 284 g/mol. The Morgan fingerprint density at radius 1 is 1.40 bits per heavy atom. The van der Waals surface area contributed by atoms with E-state index in [0.29, 0.717) is 11.8 Å². The molecule has 0 aromatic rings. The third-order valence-electron chi connectivity index (χ3n) is 3.81. The second kappa shape index (κ2) is 13.6. The van der Waals surface area contributed by atoms with Crippen LogP contribution >= 0.6 is 0 Å². The Hall–Kier alpha value is -0.380. The Balaban J connectivity index is 0.00000172. The molecular weight excluding hydrogens is 248 g/mol. The van der Waals surface area contributed by atoms with Crippen molar-refractivity contribution < 1.29 is 4.84 Å². The first-order valence-corrected chi connectivity index (χ1v) is 8.52. The van der Waals surface area contributed by atoms with Crippen LogP contribution in [0.25, 0.3) is 0 Å². The van der Waals surface area contributed by atoms with Crippen LogP contribution in [0.3, 0.4) is 0 Å². The van der Waals surface area contributed by atoms with Crippen molar-refractivity contribution in [3.05, 3.63) is 11.6 Å². The minimum absolute atomic E-state index is 0.650. The molecule has 3 heteroatoms. The quantitative estimate of drug-likeness (QED) is 0.403. The molecule has 0 aromatic carbocycles. The van der Waals surface area contributed by atoms with Gasteiger partial charge in [0.2, 0.25) is 0 Å². The van der Waals surface area contributed by atoms with Crippen molar-refractivity contribution in [2.24, 2.45) is 11.8 Å². The molecule has 0 aliphatic carbocycles. The normalized spacial score (nSPS) is 21.1. The summed E-state index contributed by atoms with van der Waals surface area (Å²) >= 11 is 0. The lowest BCUT2D eigenvalue weighted by atomic mass is 9.98. The maximum absolute atomic E-state index is 5.61. The van der Waals surface area contributed by atoms with Gasteiger partial charge in [-0.1, -0.05) is 46.3 Å². The zero-order chi connectivity index (χ0) is 15.2. The molecule has 0 saturated carbocycles. The third-order valence-corrected chi connectivity index (χ3v) is 3.81. The highest BCUT2D eigenvalue weighted by Crippen LogP contribution is 2.14. The van der Waals surface area contributed by atoms with Gasteiger partial charge < -0.3 is 10.2 Å². The molecule has 2 N–H and O–H groups in total. The summed E-state index contributed by atoms with van der Waals surface area (Å²) in [5.74, 6) is 1.32. The van der Waals surface area contributed by atoms with Crippen LogP contribution in [0, 0.1) is 11.8 Å². The van der Waals surface area contributed by atoms with Crippen molar-refractivity contribution in [1.29, 1.82) is 0 Å². The minimum atomic E-state index is 0.650. The Kier molecular flexibility index (Phi) is 13.3. The SMILES string of the molecule is CC.CC/C=C(\CNOCC1CCCNC1)C(C)CC. The highest BCUT2D eigenvalue weighted by Gasteiger charge is 2.13. The average Bonchev–Trinajstić information content (AvgIpc) is 2.52. The fourth-order valence-corrected chi connectivity index (χ4v) is 2.35. The van der Waals surface area contributed by atoms with E-state index in [1.165, 1.54) is 31.4 Å². The third kappa shape index (κ3) is 8.72. The van der Waals surface area contributed by atoms with Crippen LogP contribution in [0.1, 0.15) is 60.3 Å². The van der Waals surface area contributed by atoms with E-state index >= 15 is 0 Å². The molecule has 2 atom stereocenters. The van der Waals surface area contributed by atoms with E-state index in [4.69, 9.17) is 4.84 Å². The van der Waals surface area contributed by atoms with E-state index in [9.17, 15) is 0 Å². The summed E-state index contributed by atoms with van der Waals surface area (Å²) in [6, 6.07) is 0. The van der Waals surface area contributed by atoms with Gasteiger partial charge in [0.1, 0.15) is 0 Å². The summed E-state index contributed by atoms with van der Waals surface area (Å²) in [7, 11) is 0. The lowest BCUT2D eigenvalue weighted by Gasteiger charge is -2.23. The molecule has 1 saturated heterocycles. The van der Waals surface area contributed by atoms with E-state index in [0.717, 1.165) is 26.1 Å². The van der Waals surface area contributed by atoms with Gasteiger partial charge in [-0.05, 0) is 44.1 Å². The molecule has 0 bridgehead atoms. The first kappa shape index (κ1) is 19.6. The molecule has 1 fully saturated rings. The predicted molar refractivity (Wildman–Crippen MR) is 88.7 cm³/mol. The Morgan fingerprint density at radius 3 is 2.70 bits per heavy atom. The van der Waals surface area contributed by atoms with Crippen LogP contribution in [0.15, 0.2) is 11.6 Å². The van der Waals surface area contributed by atoms with Crippen LogP contribution in [-0.2, 0) is 4.84 Å². The van der Waals surface area contributed by atoms with Crippen molar-refractivity contribution in [3.63, 3.8) is 0 Å². The topological polar surface area (TPSA) is 33.3 Å². The molecule has 1 heterocycles. The molecule has 20 heavy (non-hydrogen) atoms. The van der Waals surface area contributed by atoms with E-state index < -0.39 is 0 Å². The van der Waals surface area contributed by atoms with E-state index in [1.54, 1.807) is 0 Å². The van der Waals surface area contributed by atoms with Gasteiger partial charge in [0.25, 0.3) is 0 Å². The molecule has 0 spiro atoms. The number of allylic oxidation sites excluding steroid dienone is 1. The molecule has 0 radical (unpaired) electrons. The molecule has 1 rings (SSSR count). The summed E-state index contributed by atoms with van der Waals surface area (Å²) in [5, 5.41) is 3.41.